The summed E-state index contributed by atoms with van der Waals surface area (Å²) in [7, 11) is 0. The Morgan fingerprint density at radius 3 is 2.47 bits per heavy atom. The minimum absolute atomic E-state index is 0.241. The van der Waals surface area contributed by atoms with E-state index in [4.69, 9.17) is 4.74 Å². The van der Waals surface area contributed by atoms with Crippen molar-refractivity contribution in [1.82, 2.24) is 0 Å². The van der Waals surface area contributed by atoms with Crippen LogP contribution in [0.1, 0.15) is 66.2 Å². The zero-order chi connectivity index (χ0) is 13.9. The third-order valence-electron chi connectivity index (χ3n) is 6.74. The fourth-order valence-electron chi connectivity index (χ4n) is 5.67. The van der Waals surface area contributed by atoms with Gasteiger partial charge >= 0.3 is 0 Å². The largest absolute Gasteiger partial charge is 0.390 e. The highest BCUT2D eigenvalue weighted by Gasteiger charge is 2.61. The normalized spacial score (nSPS) is 51.9. The standard InChI is InChI=1S/C17H30O2/c1-5-19-17-9-6-12-13(10-15(12,2)3)16(4,11-17)8-7-14(17)18/h12-14,18H,5-11H2,1-4H3. The molecule has 1 N–H and O–H groups in total. The van der Waals surface area contributed by atoms with Crippen LogP contribution in [0.15, 0.2) is 0 Å². The van der Waals surface area contributed by atoms with Crippen molar-refractivity contribution in [3.8, 4) is 0 Å². The lowest BCUT2D eigenvalue weighted by Crippen LogP contribution is -2.55. The molecule has 2 bridgehead atoms. The highest BCUT2D eigenvalue weighted by atomic mass is 16.5. The molecule has 0 amide bonds. The first kappa shape index (κ1) is 13.9. The molecule has 19 heavy (non-hydrogen) atoms. The molecule has 3 aliphatic rings. The molecule has 3 saturated carbocycles. The second kappa shape index (κ2) is 4.21. The predicted octanol–water partition coefficient (Wildman–Crippen LogP) is 3.77. The Labute approximate surface area is 117 Å². The number of fused-ring (bicyclic) bond motifs is 4. The van der Waals surface area contributed by atoms with Crippen LogP contribution < -0.4 is 0 Å². The lowest BCUT2D eigenvalue weighted by molar-refractivity contribution is -0.178. The van der Waals surface area contributed by atoms with Gasteiger partial charge in [-0.3, -0.25) is 0 Å². The van der Waals surface area contributed by atoms with Crippen molar-refractivity contribution in [3.05, 3.63) is 0 Å². The van der Waals surface area contributed by atoms with Crippen LogP contribution in [-0.4, -0.2) is 23.4 Å². The van der Waals surface area contributed by atoms with Gasteiger partial charge in [-0.25, -0.2) is 0 Å². The predicted molar refractivity (Wildman–Crippen MR) is 76.9 cm³/mol. The van der Waals surface area contributed by atoms with Crippen molar-refractivity contribution < 1.29 is 9.84 Å². The van der Waals surface area contributed by atoms with Crippen LogP contribution in [0, 0.1) is 22.7 Å². The summed E-state index contributed by atoms with van der Waals surface area (Å²) in [5.41, 5.74) is 0.657. The first-order chi connectivity index (χ1) is 8.83. The Hall–Kier alpha value is -0.0800. The van der Waals surface area contributed by atoms with Crippen molar-refractivity contribution in [3.63, 3.8) is 0 Å². The number of aliphatic hydroxyl groups is 1. The van der Waals surface area contributed by atoms with Crippen LogP contribution in [0.25, 0.3) is 0 Å². The van der Waals surface area contributed by atoms with Crippen LogP contribution in [0.4, 0.5) is 0 Å². The molecular weight excluding hydrogens is 236 g/mol. The van der Waals surface area contributed by atoms with Crippen LogP contribution in [0.5, 0.6) is 0 Å². The van der Waals surface area contributed by atoms with E-state index in [0.29, 0.717) is 10.8 Å². The lowest BCUT2D eigenvalue weighted by atomic mass is 9.46. The van der Waals surface area contributed by atoms with Crippen LogP contribution in [0.2, 0.25) is 0 Å². The van der Waals surface area contributed by atoms with Crippen molar-refractivity contribution in [2.24, 2.45) is 22.7 Å². The summed E-state index contributed by atoms with van der Waals surface area (Å²) in [5.74, 6) is 1.70. The van der Waals surface area contributed by atoms with Crippen molar-refractivity contribution in [2.45, 2.75) is 77.9 Å². The maximum atomic E-state index is 10.5. The first-order valence-electron chi connectivity index (χ1n) is 8.15. The summed E-state index contributed by atoms with van der Waals surface area (Å²) in [6.07, 6.45) is 6.60. The summed E-state index contributed by atoms with van der Waals surface area (Å²) >= 11 is 0. The topological polar surface area (TPSA) is 29.5 Å². The fourth-order valence-corrected chi connectivity index (χ4v) is 5.67. The molecule has 2 heteroatoms. The van der Waals surface area contributed by atoms with Gasteiger partial charge in [0.2, 0.25) is 0 Å². The van der Waals surface area contributed by atoms with Crippen molar-refractivity contribution >= 4 is 0 Å². The Balaban J connectivity index is 1.92. The molecular formula is C17H30O2. The van der Waals surface area contributed by atoms with Crippen molar-refractivity contribution in [1.29, 1.82) is 0 Å². The van der Waals surface area contributed by atoms with Crippen molar-refractivity contribution in [2.75, 3.05) is 6.61 Å². The summed E-state index contributed by atoms with van der Waals surface area (Å²) in [5, 5.41) is 10.5. The molecule has 0 spiro atoms. The molecule has 2 nitrogen and oxygen atoms in total. The number of aliphatic hydroxyl groups excluding tert-OH is 1. The van der Waals surface area contributed by atoms with E-state index in [1.807, 2.05) is 0 Å². The maximum Gasteiger partial charge on any atom is 0.0945 e. The van der Waals surface area contributed by atoms with Gasteiger partial charge < -0.3 is 9.84 Å². The molecule has 3 aliphatic carbocycles. The van der Waals surface area contributed by atoms with Crippen LogP contribution >= 0.6 is 0 Å². The van der Waals surface area contributed by atoms with E-state index < -0.39 is 0 Å². The zero-order valence-corrected chi connectivity index (χ0v) is 13.0. The van der Waals surface area contributed by atoms with E-state index >= 15 is 0 Å². The molecule has 0 saturated heterocycles. The number of hydrogen-bond donors (Lipinski definition) is 1. The smallest absolute Gasteiger partial charge is 0.0945 e. The van der Waals surface area contributed by atoms with Gasteiger partial charge in [0.05, 0.1) is 11.7 Å². The van der Waals surface area contributed by atoms with Gasteiger partial charge in [-0.2, -0.15) is 0 Å². The Bertz CT molecular complexity index is 364. The van der Waals surface area contributed by atoms with Gasteiger partial charge in [0.15, 0.2) is 0 Å². The van der Waals surface area contributed by atoms with E-state index in [-0.39, 0.29) is 11.7 Å². The average Bonchev–Trinajstić information content (AvgIpc) is 2.40. The van der Waals surface area contributed by atoms with Crippen LogP contribution in [-0.2, 0) is 4.74 Å². The Morgan fingerprint density at radius 2 is 1.84 bits per heavy atom. The summed E-state index contributed by atoms with van der Waals surface area (Å²) < 4.78 is 6.14. The molecule has 0 aromatic rings. The summed E-state index contributed by atoms with van der Waals surface area (Å²) in [4.78, 5) is 0. The summed E-state index contributed by atoms with van der Waals surface area (Å²) in [6, 6.07) is 0. The minimum atomic E-state index is -0.249. The second-order valence-corrected chi connectivity index (χ2v) is 8.33. The highest BCUT2D eigenvalue weighted by molar-refractivity contribution is 5.12. The molecule has 0 heterocycles. The fraction of sp³-hybridized carbons (Fsp3) is 1.00. The van der Waals surface area contributed by atoms with Gasteiger partial charge in [-0.15, -0.1) is 0 Å². The van der Waals surface area contributed by atoms with Gasteiger partial charge in [-0.1, -0.05) is 20.8 Å². The molecule has 0 aromatic carbocycles. The first-order valence-corrected chi connectivity index (χ1v) is 8.15. The van der Waals surface area contributed by atoms with E-state index in [1.54, 1.807) is 0 Å². The maximum absolute atomic E-state index is 10.5. The van der Waals surface area contributed by atoms with E-state index in [1.165, 1.54) is 19.3 Å². The zero-order valence-electron chi connectivity index (χ0n) is 13.0. The average molecular weight is 266 g/mol. The quantitative estimate of drug-likeness (QED) is 0.824. The molecule has 0 aliphatic heterocycles. The number of ether oxygens (including phenoxy) is 1. The number of rotatable bonds is 2. The monoisotopic (exact) mass is 266 g/mol. The Kier molecular flexibility index (Phi) is 3.07. The highest BCUT2D eigenvalue weighted by Crippen LogP contribution is 2.66. The molecule has 110 valence electrons. The van der Waals surface area contributed by atoms with Gasteiger partial charge in [0.1, 0.15) is 0 Å². The molecule has 0 aromatic heterocycles. The minimum Gasteiger partial charge on any atom is -0.390 e. The third-order valence-corrected chi connectivity index (χ3v) is 6.74. The molecule has 3 rings (SSSR count). The lowest BCUT2D eigenvalue weighted by Gasteiger charge is -2.59. The van der Waals surface area contributed by atoms with Gasteiger partial charge in [0, 0.05) is 6.61 Å². The van der Waals surface area contributed by atoms with E-state index in [9.17, 15) is 5.11 Å². The molecule has 5 atom stereocenters. The van der Waals surface area contributed by atoms with Gasteiger partial charge in [0.25, 0.3) is 0 Å². The molecule has 5 unspecified atom stereocenters. The van der Waals surface area contributed by atoms with Crippen LogP contribution in [0.3, 0.4) is 0 Å². The Morgan fingerprint density at radius 1 is 1.11 bits per heavy atom. The molecule has 0 radical (unpaired) electrons. The third kappa shape index (κ3) is 1.90. The number of hydrogen-bond acceptors (Lipinski definition) is 2. The SMILES string of the molecule is CCOC12CCC3C(CC3(C)C)C(C)(CCC1O)C2. The molecule has 3 fully saturated rings. The summed E-state index contributed by atoms with van der Waals surface area (Å²) in [6.45, 7) is 10.1. The van der Waals surface area contributed by atoms with E-state index in [2.05, 4.69) is 27.7 Å². The van der Waals surface area contributed by atoms with Gasteiger partial charge in [-0.05, 0) is 68.1 Å². The van der Waals surface area contributed by atoms with E-state index in [0.717, 1.165) is 37.7 Å². The second-order valence-electron chi connectivity index (χ2n) is 8.33.